The van der Waals surface area contributed by atoms with Crippen LogP contribution in [0, 0.1) is 0 Å². The third-order valence-electron chi connectivity index (χ3n) is 4.23. The van der Waals surface area contributed by atoms with Gasteiger partial charge in [-0.2, -0.15) is 0 Å². The number of thiophene rings is 1. The molecule has 126 valence electrons. The summed E-state index contributed by atoms with van der Waals surface area (Å²) in [7, 11) is 0. The number of nitrogens with one attached hydrogen (secondary N) is 1. The quantitative estimate of drug-likeness (QED) is 0.844. The SMILES string of the molecule is O=C1NC[C@@H](COCc2ccccc2)N2CCOc3c(Br)sc1c32. The van der Waals surface area contributed by atoms with Crippen molar-refractivity contribution in [2.45, 2.75) is 12.6 Å². The first kappa shape index (κ1) is 15.9. The van der Waals surface area contributed by atoms with Crippen LogP contribution in [-0.2, 0) is 11.3 Å². The van der Waals surface area contributed by atoms with Crippen LogP contribution < -0.4 is 15.0 Å². The summed E-state index contributed by atoms with van der Waals surface area (Å²) in [6.45, 7) is 3.08. The Labute approximate surface area is 152 Å². The second-order valence-electron chi connectivity index (χ2n) is 5.79. The van der Waals surface area contributed by atoms with Gasteiger partial charge in [0, 0.05) is 6.54 Å². The van der Waals surface area contributed by atoms with Gasteiger partial charge in [-0.05, 0) is 21.5 Å². The highest BCUT2D eigenvalue weighted by molar-refractivity contribution is 9.11. The van der Waals surface area contributed by atoms with Gasteiger partial charge in [-0.25, -0.2) is 0 Å². The van der Waals surface area contributed by atoms with Gasteiger partial charge in [0.15, 0.2) is 5.75 Å². The fraction of sp³-hybridized carbons (Fsp3) is 0.353. The molecule has 0 unspecified atom stereocenters. The van der Waals surface area contributed by atoms with Crippen LogP contribution in [0.25, 0.3) is 0 Å². The second-order valence-corrected chi connectivity index (χ2v) is 8.13. The second kappa shape index (κ2) is 6.74. The van der Waals surface area contributed by atoms with E-state index in [2.05, 4.69) is 38.3 Å². The maximum atomic E-state index is 12.4. The minimum atomic E-state index is -0.0389. The zero-order valence-corrected chi connectivity index (χ0v) is 15.4. The number of carbonyl (C=O) groups excluding carboxylic acids is 1. The lowest BCUT2D eigenvalue weighted by atomic mass is 10.2. The molecule has 0 saturated heterocycles. The van der Waals surface area contributed by atoms with Crippen LogP contribution in [0.1, 0.15) is 15.2 Å². The molecule has 5 nitrogen and oxygen atoms in total. The third kappa shape index (κ3) is 2.92. The van der Waals surface area contributed by atoms with Gasteiger partial charge in [-0.1, -0.05) is 30.3 Å². The third-order valence-corrected chi connectivity index (χ3v) is 6.03. The Balaban J connectivity index is 1.52. The highest BCUT2D eigenvalue weighted by Gasteiger charge is 2.36. The van der Waals surface area contributed by atoms with Crippen LogP contribution in [0.15, 0.2) is 34.1 Å². The highest BCUT2D eigenvalue weighted by Crippen LogP contribution is 2.48. The van der Waals surface area contributed by atoms with Crippen molar-refractivity contribution in [3.63, 3.8) is 0 Å². The molecule has 1 aromatic heterocycles. The lowest BCUT2D eigenvalue weighted by Crippen LogP contribution is -2.47. The number of nitrogens with zero attached hydrogens (tertiary/aromatic N) is 1. The average Bonchev–Trinajstić information content (AvgIpc) is 2.89. The molecule has 3 heterocycles. The first-order chi connectivity index (χ1) is 11.7. The Hall–Kier alpha value is -1.57. The van der Waals surface area contributed by atoms with E-state index in [0.29, 0.717) is 31.2 Å². The number of hydrogen-bond acceptors (Lipinski definition) is 5. The number of halogens is 1. The number of ether oxygens (including phenoxy) is 2. The zero-order chi connectivity index (χ0) is 16.5. The maximum Gasteiger partial charge on any atom is 0.263 e. The van der Waals surface area contributed by atoms with E-state index in [0.717, 1.165) is 27.3 Å². The summed E-state index contributed by atoms with van der Waals surface area (Å²) >= 11 is 4.94. The predicted octanol–water partition coefficient (Wildman–Crippen LogP) is 3.04. The van der Waals surface area contributed by atoms with Gasteiger partial charge in [0.25, 0.3) is 5.91 Å². The van der Waals surface area contributed by atoms with E-state index >= 15 is 0 Å². The molecule has 4 rings (SSSR count). The monoisotopic (exact) mass is 408 g/mol. The van der Waals surface area contributed by atoms with Crippen LogP contribution in [-0.4, -0.2) is 38.3 Å². The molecule has 7 heteroatoms. The van der Waals surface area contributed by atoms with E-state index in [9.17, 15) is 4.79 Å². The van der Waals surface area contributed by atoms with Gasteiger partial charge >= 0.3 is 0 Å². The molecule has 0 bridgehead atoms. The van der Waals surface area contributed by atoms with Crippen LogP contribution in [0.5, 0.6) is 5.75 Å². The summed E-state index contributed by atoms with van der Waals surface area (Å²) in [6, 6.07) is 10.2. The molecule has 1 N–H and O–H groups in total. The van der Waals surface area contributed by atoms with E-state index < -0.39 is 0 Å². The fourth-order valence-corrected chi connectivity index (χ4v) is 4.77. The first-order valence-corrected chi connectivity index (χ1v) is 9.46. The van der Waals surface area contributed by atoms with Crippen LogP contribution in [0.4, 0.5) is 5.69 Å². The molecule has 24 heavy (non-hydrogen) atoms. The Kier molecular flexibility index (Phi) is 4.47. The Morgan fingerprint density at radius 3 is 3.04 bits per heavy atom. The van der Waals surface area contributed by atoms with Crippen molar-refractivity contribution in [3.8, 4) is 5.75 Å². The van der Waals surface area contributed by atoms with Crippen LogP contribution in [0.2, 0.25) is 0 Å². The summed E-state index contributed by atoms with van der Waals surface area (Å²) in [6.07, 6.45) is 0. The molecule has 0 aliphatic carbocycles. The Bertz CT molecular complexity index is 750. The summed E-state index contributed by atoms with van der Waals surface area (Å²) in [4.78, 5) is 15.3. The Morgan fingerprint density at radius 1 is 1.38 bits per heavy atom. The number of benzene rings is 1. The molecule has 1 amide bonds. The molecule has 2 aromatic rings. The number of anilines is 1. The van der Waals surface area contributed by atoms with Crippen LogP contribution in [0.3, 0.4) is 0 Å². The van der Waals surface area contributed by atoms with Crippen molar-refractivity contribution >= 4 is 38.9 Å². The molecule has 0 radical (unpaired) electrons. The largest absolute Gasteiger partial charge is 0.487 e. The van der Waals surface area contributed by atoms with Gasteiger partial charge in [0.2, 0.25) is 0 Å². The van der Waals surface area contributed by atoms with E-state index in [4.69, 9.17) is 9.47 Å². The van der Waals surface area contributed by atoms with Gasteiger partial charge in [0.05, 0.1) is 25.8 Å². The molecular weight excluding hydrogens is 392 g/mol. The number of rotatable bonds is 4. The molecular formula is C17H17BrN2O3S. The topological polar surface area (TPSA) is 50.8 Å². The minimum Gasteiger partial charge on any atom is -0.487 e. The molecule has 1 atom stereocenters. The van der Waals surface area contributed by atoms with E-state index in [1.165, 1.54) is 11.3 Å². The highest BCUT2D eigenvalue weighted by atomic mass is 79.9. The summed E-state index contributed by atoms with van der Waals surface area (Å²) in [5, 5.41) is 3.01. The van der Waals surface area contributed by atoms with Gasteiger partial charge in [-0.15, -0.1) is 11.3 Å². The van der Waals surface area contributed by atoms with Crippen LogP contribution >= 0.6 is 27.3 Å². The normalized spacial score (nSPS) is 19.3. The molecule has 0 fully saturated rings. The zero-order valence-electron chi connectivity index (χ0n) is 13.0. The first-order valence-electron chi connectivity index (χ1n) is 7.85. The van der Waals surface area contributed by atoms with Crippen molar-refractivity contribution in [2.24, 2.45) is 0 Å². The number of amides is 1. The van der Waals surface area contributed by atoms with Crippen molar-refractivity contribution < 1.29 is 14.3 Å². The maximum absolute atomic E-state index is 12.4. The van der Waals surface area contributed by atoms with Gasteiger partial charge < -0.3 is 19.7 Å². The fourth-order valence-electron chi connectivity index (χ4n) is 3.08. The minimum absolute atomic E-state index is 0.0389. The predicted molar refractivity (Wildman–Crippen MR) is 97.1 cm³/mol. The number of hydrogen-bond donors (Lipinski definition) is 1. The Morgan fingerprint density at radius 2 is 2.21 bits per heavy atom. The number of carbonyl (C=O) groups is 1. The van der Waals surface area contributed by atoms with Crippen molar-refractivity contribution in [2.75, 3.05) is 31.2 Å². The van der Waals surface area contributed by atoms with Crippen molar-refractivity contribution in [1.29, 1.82) is 0 Å². The summed E-state index contributed by atoms with van der Waals surface area (Å²) in [5.74, 6) is 0.745. The molecule has 2 aliphatic rings. The van der Waals surface area contributed by atoms with Crippen molar-refractivity contribution in [1.82, 2.24) is 5.32 Å². The smallest absolute Gasteiger partial charge is 0.263 e. The lowest BCUT2D eigenvalue weighted by molar-refractivity contribution is 0.0921. The molecule has 2 aliphatic heterocycles. The molecule has 0 saturated carbocycles. The van der Waals surface area contributed by atoms with E-state index in [1.54, 1.807) is 0 Å². The van der Waals surface area contributed by atoms with Crippen molar-refractivity contribution in [3.05, 3.63) is 44.6 Å². The van der Waals surface area contributed by atoms with E-state index in [-0.39, 0.29) is 11.9 Å². The van der Waals surface area contributed by atoms with Gasteiger partial charge in [0.1, 0.15) is 21.0 Å². The lowest BCUT2D eigenvalue weighted by Gasteiger charge is -2.35. The van der Waals surface area contributed by atoms with Gasteiger partial charge in [-0.3, -0.25) is 4.79 Å². The summed E-state index contributed by atoms with van der Waals surface area (Å²) in [5.41, 5.74) is 2.05. The standard InChI is InChI=1S/C17H17BrN2O3S/c18-16-14-13-15(24-16)17(21)19-8-12(20(13)6-7-23-14)10-22-9-11-4-2-1-3-5-11/h1-5,12H,6-10H2,(H,19,21)/t12-/m0/s1. The summed E-state index contributed by atoms with van der Waals surface area (Å²) < 4.78 is 12.6. The average molecular weight is 409 g/mol. The van der Waals surface area contributed by atoms with E-state index in [1.807, 2.05) is 18.2 Å². The molecule has 1 aromatic carbocycles. The molecule has 0 spiro atoms.